The first-order valence-electron chi connectivity index (χ1n) is 6.60. The van der Waals surface area contributed by atoms with E-state index >= 15 is 0 Å². The van der Waals surface area contributed by atoms with Crippen molar-refractivity contribution in [1.82, 2.24) is 0 Å². The van der Waals surface area contributed by atoms with Crippen molar-refractivity contribution in [3.8, 4) is 5.75 Å². The molecule has 3 rings (SSSR count). The number of anilines is 3. The van der Waals surface area contributed by atoms with Crippen LogP contribution in [0.1, 0.15) is 6.42 Å². The first kappa shape index (κ1) is 12.5. The molecule has 1 aliphatic rings. The van der Waals surface area contributed by atoms with E-state index in [0.29, 0.717) is 18.7 Å². The Hall–Kier alpha value is -2.49. The number of nitrogens with zero attached hydrogens (tertiary/aromatic N) is 1. The summed E-state index contributed by atoms with van der Waals surface area (Å²) in [4.78, 5) is 14.2. The average Bonchev–Trinajstić information content (AvgIpc) is 2.65. The van der Waals surface area contributed by atoms with E-state index in [4.69, 9.17) is 4.74 Å². The molecule has 20 heavy (non-hydrogen) atoms. The fourth-order valence-electron chi connectivity index (χ4n) is 2.45. The van der Waals surface area contributed by atoms with Crippen molar-refractivity contribution in [2.75, 3.05) is 23.9 Å². The molecular formula is C16H16N2O2. The van der Waals surface area contributed by atoms with Crippen molar-refractivity contribution in [3.63, 3.8) is 0 Å². The van der Waals surface area contributed by atoms with Crippen molar-refractivity contribution in [2.24, 2.45) is 0 Å². The van der Waals surface area contributed by atoms with E-state index in [9.17, 15) is 4.79 Å². The summed E-state index contributed by atoms with van der Waals surface area (Å²) in [5.41, 5.74) is 2.60. The van der Waals surface area contributed by atoms with Crippen LogP contribution < -0.4 is 15.0 Å². The molecule has 0 aromatic heterocycles. The third-order valence-electron chi connectivity index (χ3n) is 3.37. The number of para-hydroxylation sites is 4. The van der Waals surface area contributed by atoms with Crippen LogP contribution in [0.5, 0.6) is 5.75 Å². The Bertz CT molecular complexity index is 640. The molecule has 2 aromatic rings. The third kappa shape index (κ3) is 2.09. The van der Waals surface area contributed by atoms with Crippen LogP contribution in [0.2, 0.25) is 0 Å². The molecule has 1 aliphatic heterocycles. The van der Waals surface area contributed by atoms with Gasteiger partial charge in [-0.25, -0.2) is 0 Å². The van der Waals surface area contributed by atoms with Gasteiger partial charge in [-0.15, -0.1) is 0 Å². The number of nitrogens with one attached hydrogen (secondary N) is 1. The molecule has 0 saturated heterocycles. The van der Waals surface area contributed by atoms with Crippen LogP contribution >= 0.6 is 0 Å². The lowest BCUT2D eigenvalue weighted by Crippen LogP contribution is -2.25. The van der Waals surface area contributed by atoms with Gasteiger partial charge in [0.1, 0.15) is 5.75 Å². The standard InChI is InChI=1S/C16H16N2O2/c1-20-15-9-5-4-8-14(15)18-13-7-3-2-6-12(13)17-11-10-16(18)19/h2-9,17H,10-11H2,1H3. The van der Waals surface area contributed by atoms with Gasteiger partial charge in [0.25, 0.3) is 0 Å². The molecular weight excluding hydrogens is 252 g/mol. The molecule has 0 saturated carbocycles. The van der Waals surface area contributed by atoms with Crippen LogP contribution in [0.25, 0.3) is 0 Å². The minimum Gasteiger partial charge on any atom is -0.495 e. The van der Waals surface area contributed by atoms with Gasteiger partial charge in [0.15, 0.2) is 0 Å². The second-order valence-corrected chi connectivity index (χ2v) is 4.59. The third-order valence-corrected chi connectivity index (χ3v) is 3.37. The molecule has 4 nitrogen and oxygen atoms in total. The summed E-state index contributed by atoms with van der Waals surface area (Å²) in [6, 6.07) is 15.4. The van der Waals surface area contributed by atoms with Gasteiger partial charge in [0.05, 0.1) is 24.2 Å². The predicted octanol–water partition coefficient (Wildman–Crippen LogP) is 3.18. The highest BCUT2D eigenvalue weighted by molar-refractivity contribution is 6.05. The molecule has 0 spiro atoms. The zero-order chi connectivity index (χ0) is 13.9. The van der Waals surface area contributed by atoms with Crippen LogP contribution in [-0.2, 0) is 4.79 Å². The number of benzene rings is 2. The Labute approximate surface area is 118 Å². The molecule has 0 atom stereocenters. The molecule has 1 N–H and O–H groups in total. The van der Waals surface area contributed by atoms with Crippen LogP contribution in [-0.4, -0.2) is 19.6 Å². The Kier molecular flexibility index (Phi) is 3.29. The second-order valence-electron chi connectivity index (χ2n) is 4.59. The number of hydrogen-bond donors (Lipinski definition) is 1. The average molecular weight is 268 g/mol. The number of hydrogen-bond acceptors (Lipinski definition) is 3. The maximum Gasteiger partial charge on any atom is 0.233 e. The number of fused-ring (bicyclic) bond motifs is 1. The van der Waals surface area contributed by atoms with Gasteiger partial charge in [-0.05, 0) is 24.3 Å². The molecule has 4 heteroatoms. The van der Waals surface area contributed by atoms with Gasteiger partial charge < -0.3 is 10.1 Å². The summed E-state index contributed by atoms with van der Waals surface area (Å²) in [6.45, 7) is 0.640. The lowest BCUT2D eigenvalue weighted by molar-refractivity contribution is -0.117. The zero-order valence-corrected chi connectivity index (χ0v) is 11.3. The first-order chi connectivity index (χ1) is 9.81. The number of methoxy groups -OCH3 is 1. The van der Waals surface area contributed by atoms with E-state index in [-0.39, 0.29) is 5.91 Å². The summed E-state index contributed by atoms with van der Waals surface area (Å²) in [7, 11) is 1.62. The predicted molar refractivity (Wildman–Crippen MR) is 79.7 cm³/mol. The van der Waals surface area contributed by atoms with Gasteiger partial charge in [-0.1, -0.05) is 24.3 Å². The van der Waals surface area contributed by atoms with E-state index < -0.39 is 0 Å². The summed E-state index contributed by atoms with van der Waals surface area (Å²) >= 11 is 0. The molecule has 0 radical (unpaired) electrons. The van der Waals surface area contributed by atoms with Crippen molar-refractivity contribution in [3.05, 3.63) is 48.5 Å². The quantitative estimate of drug-likeness (QED) is 0.909. The highest BCUT2D eigenvalue weighted by atomic mass is 16.5. The van der Waals surface area contributed by atoms with Gasteiger partial charge in [0.2, 0.25) is 5.91 Å². The zero-order valence-electron chi connectivity index (χ0n) is 11.3. The van der Waals surface area contributed by atoms with Crippen LogP contribution in [0.15, 0.2) is 48.5 Å². The van der Waals surface area contributed by atoms with E-state index in [2.05, 4.69) is 5.32 Å². The summed E-state index contributed by atoms with van der Waals surface area (Å²) in [6.07, 6.45) is 0.451. The lowest BCUT2D eigenvalue weighted by atomic mass is 10.2. The smallest absolute Gasteiger partial charge is 0.233 e. The van der Waals surface area contributed by atoms with Crippen LogP contribution in [0, 0.1) is 0 Å². The summed E-state index contributed by atoms with van der Waals surface area (Å²) in [5.74, 6) is 0.754. The molecule has 2 aromatic carbocycles. The molecule has 0 fully saturated rings. The summed E-state index contributed by atoms with van der Waals surface area (Å²) < 4.78 is 5.39. The Morgan fingerprint density at radius 1 is 1.05 bits per heavy atom. The molecule has 0 bridgehead atoms. The van der Waals surface area contributed by atoms with E-state index in [1.165, 1.54) is 0 Å². The number of amides is 1. The van der Waals surface area contributed by atoms with E-state index in [0.717, 1.165) is 17.1 Å². The second kappa shape index (κ2) is 5.25. The Balaban J connectivity index is 2.17. The Morgan fingerprint density at radius 2 is 1.75 bits per heavy atom. The normalized spacial score (nSPS) is 14.2. The highest BCUT2D eigenvalue weighted by Crippen LogP contribution is 2.38. The van der Waals surface area contributed by atoms with E-state index in [1.54, 1.807) is 12.0 Å². The maximum absolute atomic E-state index is 12.5. The Morgan fingerprint density at radius 3 is 2.55 bits per heavy atom. The molecule has 0 aliphatic carbocycles. The fraction of sp³-hybridized carbons (Fsp3) is 0.188. The summed E-state index contributed by atoms with van der Waals surface area (Å²) in [5, 5.41) is 3.29. The molecule has 1 heterocycles. The first-order valence-corrected chi connectivity index (χ1v) is 6.60. The fourth-order valence-corrected chi connectivity index (χ4v) is 2.45. The number of rotatable bonds is 2. The van der Waals surface area contributed by atoms with Gasteiger partial charge in [-0.2, -0.15) is 0 Å². The number of carbonyl (C=O) groups excluding carboxylic acids is 1. The monoisotopic (exact) mass is 268 g/mol. The minimum absolute atomic E-state index is 0.0620. The topological polar surface area (TPSA) is 41.6 Å². The van der Waals surface area contributed by atoms with Crippen molar-refractivity contribution < 1.29 is 9.53 Å². The van der Waals surface area contributed by atoms with Gasteiger partial charge in [0, 0.05) is 13.0 Å². The lowest BCUT2D eigenvalue weighted by Gasteiger charge is -2.24. The van der Waals surface area contributed by atoms with Gasteiger partial charge >= 0.3 is 0 Å². The SMILES string of the molecule is COc1ccccc1N1C(=O)CCNc2ccccc21. The number of ether oxygens (including phenoxy) is 1. The number of carbonyl (C=O) groups is 1. The molecule has 0 unspecified atom stereocenters. The maximum atomic E-state index is 12.5. The van der Waals surface area contributed by atoms with Crippen molar-refractivity contribution in [2.45, 2.75) is 6.42 Å². The van der Waals surface area contributed by atoms with Crippen molar-refractivity contribution >= 4 is 23.0 Å². The minimum atomic E-state index is 0.0620. The largest absolute Gasteiger partial charge is 0.495 e. The van der Waals surface area contributed by atoms with Crippen LogP contribution in [0.3, 0.4) is 0 Å². The molecule has 1 amide bonds. The van der Waals surface area contributed by atoms with Crippen LogP contribution in [0.4, 0.5) is 17.1 Å². The van der Waals surface area contributed by atoms with Crippen molar-refractivity contribution in [1.29, 1.82) is 0 Å². The van der Waals surface area contributed by atoms with E-state index in [1.807, 2.05) is 48.5 Å². The van der Waals surface area contributed by atoms with Gasteiger partial charge in [-0.3, -0.25) is 9.69 Å². The highest BCUT2D eigenvalue weighted by Gasteiger charge is 2.25. The molecule has 102 valence electrons.